The van der Waals surface area contributed by atoms with Gasteiger partial charge in [-0.3, -0.25) is 0 Å². The lowest BCUT2D eigenvalue weighted by Crippen LogP contribution is -2.33. The Morgan fingerprint density at radius 1 is 1.42 bits per heavy atom. The van der Waals surface area contributed by atoms with Crippen molar-refractivity contribution in [3.63, 3.8) is 0 Å². The average Bonchev–Trinajstić information content (AvgIpc) is 2.33. The molecule has 1 fully saturated rings. The minimum atomic E-state index is 0.446. The van der Waals surface area contributed by atoms with Gasteiger partial charge in [-0.15, -0.1) is 0 Å². The molecule has 1 rings (SSSR count). The van der Waals surface area contributed by atoms with E-state index in [1.807, 2.05) is 6.92 Å². The molecule has 0 bridgehead atoms. The van der Waals surface area contributed by atoms with Crippen molar-refractivity contribution in [2.24, 2.45) is 11.7 Å². The molecule has 0 radical (unpaired) electrons. The Bertz CT molecular complexity index is 196. The fraction of sp³-hybridized carbons (Fsp3) is 0.600. The molecule has 0 spiro atoms. The van der Waals surface area contributed by atoms with Crippen LogP contribution in [0.25, 0.3) is 0 Å². The quantitative estimate of drug-likeness (QED) is 0.670. The van der Waals surface area contributed by atoms with Crippen LogP contribution in [0.3, 0.4) is 0 Å². The molecular formula is C10H18N2. The van der Waals surface area contributed by atoms with Crippen LogP contribution in [0.5, 0.6) is 0 Å². The molecule has 0 amide bonds. The Kier molecular flexibility index (Phi) is 2.79. The molecule has 0 aromatic rings. The largest absolute Gasteiger partial charge is 0.402 e. The maximum atomic E-state index is 5.70. The Hall–Kier alpha value is -0.920. The minimum Gasteiger partial charge on any atom is -0.402 e. The van der Waals surface area contributed by atoms with Crippen molar-refractivity contribution in [2.75, 3.05) is 0 Å². The molecular weight excluding hydrogens is 148 g/mol. The summed E-state index contributed by atoms with van der Waals surface area (Å²) >= 11 is 0. The van der Waals surface area contributed by atoms with Crippen LogP contribution in [-0.2, 0) is 0 Å². The summed E-state index contributed by atoms with van der Waals surface area (Å²) in [5, 5.41) is 3.34. The summed E-state index contributed by atoms with van der Waals surface area (Å²) in [7, 11) is 0. The number of allylic oxidation sites excluding steroid dienone is 1. The Morgan fingerprint density at radius 2 is 2.08 bits per heavy atom. The molecule has 0 aromatic carbocycles. The van der Waals surface area contributed by atoms with Crippen LogP contribution in [0.2, 0.25) is 0 Å². The van der Waals surface area contributed by atoms with E-state index in [2.05, 4.69) is 18.5 Å². The third-order valence-electron chi connectivity index (χ3n) is 2.42. The lowest BCUT2D eigenvalue weighted by molar-refractivity contribution is 0.480. The predicted octanol–water partition coefficient (Wildman–Crippen LogP) is 1.75. The highest BCUT2D eigenvalue weighted by atomic mass is 14.9. The van der Waals surface area contributed by atoms with Crippen LogP contribution in [0, 0.1) is 5.92 Å². The van der Waals surface area contributed by atoms with Gasteiger partial charge in [-0.1, -0.05) is 19.6 Å². The predicted molar refractivity (Wildman–Crippen MR) is 52.4 cm³/mol. The van der Waals surface area contributed by atoms with Crippen molar-refractivity contribution in [2.45, 2.75) is 32.2 Å². The van der Waals surface area contributed by atoms with Gasteiger partial charge in [0.05, 0.1) is 0 Å². The number of hydrogen-bond donors (Lipinski definition) is 2. The number of nitrogens with one attached hydrogen (secondary N) is 1. The molecule has 0 aliphatic heterocycles. The second kappa shape index (κ2) is 3.65. The summed E-state index contributed by atoms with van der Waals surface area (Å²) < 4.78 is 0. The first-order valence-electron chi connectivity index (χ1n) is 4.47. The van der Waals surface area contributed by atoms with Crippen LogP contribution < -0.4 is 11.1 Å². The first-order valence-corrected chi connectivity index (χ1v) is 4.47. The van der Waals surface area contributed by atoms with Gasteiger partial charge in [-0.25, -0.2) is 0 Å². The molecule has 12 heavy (non-hydrogen) atoms. The van der Waals surface area contributed by atoms with Crippen LogP contribution in [-0.4, -0.2) is 6.04 Å². The van der Waals surface area contributed by atoms with E-state index >= 15 is 0 Å². The van der Waals surface area contributed by atoms with Gasteiger partial charge in [0, 0.05) is 23.4 Å². The highest BCUT2D eigenvalue weighted by molar-refractivity contribution is 5.06. The zero-order valence-electron chi connectivity index (χ0n) is 7.77. The molecule has 2 heteroatoms. The van der Waals surface area contributed by atoms with E-state index in [1.165, 1.54) is 19.3 Å². The van der Waals surface area contributed by atoms with E-state index in [0.29, 0.717) is 12.0 Å². The molecule has 0 saturated heterocycles. The highest BCUT2D eigenvalue weighted by Gasteiger charge is 2.27. The van der Waals surface area contributed by atoms with Gasteiger partial charge in [0.1, 0.15) is 0 Å². The Balaban J connectivity index is 2.52. The summed E-state index contributed by atoms with van der Waals surface area (Å²) in [5.74, 6) is 0.446. The van der Waals surface area contributed by atoms with E-state index in [9.17, 15) is 0 Å². The first-order chi connectivity index (χ1) is 5.61. The fourth-order valence-corrected chi connectivity index (χ4v) is 1.89. The van der Waals surface area contributed by atoms with Crippen molar-refractivity contribution in [1.82, 2.24) is 5.32 Å². The van der Waals surface area contributed by atoms with E-state index in [-0.39, 0.29) is 0 Å². The minimum absolute atomic E-state index is 0.446. The second-order valence-corrected chi connectivity index (χ2v) is 3.64. The molecule has 0 heterocycles. The summed E-state index contributed by atoms with van der Waals surface area (Å²) in [5.41, 5.74) is 7.53. The van der Waals surface area contributed by atoms with Crippen molar-refractivity contribution in [3.8, 4) is 0 Å². The average molecular weight is 166 g/mol. The number of rotatable bonds is 3. The fourth-order valence-electron chi connectivity index (χ4n) is 1.89. The molecule has 68 valence electrons. The molecule has 0 aromatic heterocycles. The van der Waals surface area contributed by atoms with Crippen LogP contribution >= 0.6 is 0 Å². The van der Waals surface area contributed by atoms with Gasteiger partial charge < -0.3 is 11.1 Å². The molecule has 1 aliphatic rings. The van der Waals surface area contributed by atoms with Gasteiger partial charge in [-0.05, 0) is 19.8 Å². The van der Waals surface area contributed by atoms with Crippen LogP contribution in [0.1, 0.15) is 26.2 Å². The standard InChI is InChI=1S/C10H18N2/c1-7(2)12-10-6-4-5-9(10)8(3)11/h9-10,12H,1,3-6,11H2,2H3. The number of nitrogens with two attached hydrogens (primary N) is 1. The van der Waals surface area contributed by atoms with Gasteiger partial charge >= 0.3 is 0 Å². The first kappa shape index (κ1) is 9.17. The van der Waals surface area contributed by atoms with Crippen molar-refractivity contribution in [1.29, 1.82) is 0 Å². The third kappa shape index (κ3) is 2.03. The monoisotopic (exact) mass is 166 g/mol. The topological polar surface area (TPSA) is 38.0 Å². The smallest absolute Gasteiger partial charge is 0.0340 e. The lowest BCUT2D eigenvalue weighted by Gasteiger charge is -2.21. The van der Waals surface area contributed by atoms with Crippen molar-refractivity contribution < 1.29 is 0 Å². The van der Waals surface area contributed by atoms with E-state index in [0.717, 1.165) is 11.4 Å². The summed E-state index contributed by atoms with van der Waals surface area (Å²) in [6.45, 7) is 9.61. The maximum absolute atomic E-state index is 5.70. The van der Waals surface area contributed by atoms with E-state index in [4.69, 9.17) is 5.73 Å². The van der Waals surface area contributed by atoms with Crippen LogP contribution in [0.4, 0.5) is 0 Å². The van der Waals surface area contributed by atoms with Gasteiger partial charge in [0.25, 0.3) is 0 Å². The second-order valence-electron chi connectivity index (χ2n) is 3.64. The molecule has 2 unspecified atom stereocenters. The Labute approximate surface area is 74.5 Å². The lowest BCUT2D eigenvalue weighted by atomic mass is 10.0. The molecule has 3 N–H and O–H groups in total. The molecule has 1 aliphatic carbocycles. The normalized spacial score (nSPS) is 28.4. The summed E-state index contributed by atoms with van der Waals surface area (Å²) in [6, 6.07) is 0.472. The van der Waals surface area contributed by atoms with E-state index < -0.39 is 0 Å². The SMILES string of the molecule is C=C(C)NC1CCCC1C(=C)N. The number of hydrogen-bond acceptors (Lipinski definition) is 2. The third-order valence-corrected chi connectivity index (χ3v) is 2.42. The zero-order valence-corrected chi connectivity index (χ0v) is 7.77. The van der Waals surface area contributed by atoms with Crippen molar-refractivity contribution >= 4 is 0 Å². The Morgan fingerprint density at radius 3 is 2.58 bits per heavy atom. The molecule has 2 atom stereocenters. The van der Waals surface area contributed by atoms with E-state index in [1.54, 1.807) is 0 Å². The van der Waals surface area contributed by atoms with Crippen LogP contribution in [0.15, 0.2) is 24.6 Å². The maximum Gasteiger partial charge on any atom is 0.0340 e. The summed E-state index contributed by atoms with van der Waals surface area (Å²) in [6.07, 6.45) is 3.60. The molecule has 2 nitrogen and oxygen atoms in total. The van der Waals surface area contributed by atoms with Gasteiger partial charge in [-0.2, -0.15) is 0 Å². The van der Waals surface area contributed by atoms with Crippen molar-refractivity contribution in [3.05, 3.63) is 24.6 Å². The van der Waals surface area contributed by atoms with Gasteiger partial charge in [0.15, 0.2) is 0 Å². The zero-order chi connectivity index (χ0) is 9.14. The highest BCUT2D eigenvalue weighted by Crippen LogP contribution is 2.29. The summed E-state index contributed by atoms with van der Waals surface area (Å²) in [4.78, 5) is 0. The molecule has 1 saturated carbocycles. The van der Waals surface area contributed by atoms with Gasteiger partial charge in [0.2, 0.25) is 0 Å².